The monoisotopic (exact) mass is 438 g/mol. The van der Waals surface area contributed by atoms with Crippen LogP contribution in [-0.2, 0) is 9.59 Å². The molecule has 32 heavy (non-hydrogen) atoms. The highest BCUT2D eigenvalue weighted by atomic mass is 16.6. The number of hydrogen-bond donors (Lipinski definition) is 2. The number of ether oxygens (including phenoxy) is 2. The molecule has 6 nitrogen and oxygen atoms in total. The quantitative estimate of drug-likeness (QED) is 0.712. The Morgan fingerprint density at radius 3 is 2.00 bits per heavy atom. The van der Waals surface area contributed by atoms with E-state index in [4.69, 9.17) is 9.47 Å². The maximum absolute atomic E-state index is 13.2. The molecule has 4 fully saturated rings. The molecule has 1 aromatic rings. The molecule has 6 rings (SSSR count). The van der Waals surface area contributed by atoms with Crippen LogP contribution in [0.1, 0.15) is 63.0 Å². The van der Waals surface area contributed by atoms with Crippen LogP contribution in [0.2, 0.25) is 0 Å². The lowest BCUT2D eigenvalue weighted by atomic mass is 10.0. The van der Waals surface area contributed by atoms with Gasteiger partial charge in [0, 0.05) is 18.4 Å². The summed E-state index contributed by atoms with van der Waals surface area (Å²) >= 11 is 0. The van der Waals surface area contributed by atoms with Crippen LogP contribution < -0.4 is 20.1 Å². The molecule has 1 aliphatic heterocycles. The largest absolute Gasteiger partial charge is 0.486 e. The topological polar surface area (TPSA) is 76.7 Å². The zero-order chi connectivity index (χ0) is 21.7. The average molecular weight is 439 g/mol. The number of amides is 2. The van der Waals surface area contributed by atoms with Crippen LogP contribution in [-0.4, -0.2) is 31.6 Å². The van der Waals surface area contributed by atoms with Gasteiger partial charge in [-0.15, -0.1) is 0 Å². The van der Waals surface area contributed by atoms with E-state index in [0.717, 1.165) is 11.3 Å². The molecular formula is C26H34N2O4. The van der Waals surface area contributed by atoms with E-state index in [0.29, 0.717) is 49.2 Å². The van der Waals surface area contributed by atoms with Gasteiger partial charge in [0.05, 0.1) is 6.04 Å². The Morgan fingerprint density at radius 2 is 1.38 bits per heavy atom. The highest BCUT2D eigenvalue weighted by Gasteiger charge is 2.56. The van der Waals surface area contributed by atoms with Crippen molar-refractivity contribution in [2.45, 2.75) is 57.4 Å². The zero-order valence-electron chi connectivity index (χ0n) is 18.7. The number of rotatable bonds is 6. The standard InChI is InChI=1S/C26H34N2O4/c29-25(23-16-5-1-2-6-17(16)23)27-14-20(15-9-10-21-22(13-15)32-12-11-31-21)28-26(30)24-18-7-3-4-8-19(18)24/h9-10,13,16-20,23-24H,1-8,11-12,14H2,(H,27,29)(H,28,30)/t16-,17+,18-,19-,20+,23?/m1/s1. The minimum atomic E-state index is -0.259. The molecule has 172 valence electrons. The van der Waals surface area contributed by atoms with Crippen molar-refractivity contribution < 1.29 is 19.1 Å². The first-order chi connectivity index (χ1) is 15.7. The van der Waals surface area contributed by atoms with Crippen LogP contribution in [0.4, 0.5) is 0 Å². The highest BCUT2D eigenvalue weighted by molar-refractivity contribution is 5.84. The predicted molar refractivity (Wildman–Crippen MR) is 119 cm³/mol. The molecule has 2 amide bonds. The molecule has 0 spiro atoms. The molecule has 0 saturated heterocycles. The summed E-state index contributed by atoms with van der Waals surface area (Å²) in [6, 6.07) is 5.60. The fourth-order valence-electron chi connectivity index (χ4n) is 6.88. The van der Waals surface area contributed by atoms with Crippen molar-refractivity contribution in [3.8, 4) is 11.5 Å². The van der Waals surface area contributed by atoms with Gasteiger partial charge in [-0.3, -0.25) is 9.59 Å². The third-order valence-corrected chi connectivity index (χ3v) is 8.68. The normalized spacial score (nSPS) is 35.0. The Morgan fingerprint density at radius 1 is 0.812 bits per heavy atom. The molecule has 1 unspecified atom stereocenters. The first-order valence-corrected chi connectivity index (χ1v) is 12.7. The first kappa shape index (κ1) is 20.4. The molecule has 2 N–H and O–H groups in total. The van der Waals surface area contributed by atoms with Crippen LogP contribution in [0.15, 0.2) is 18.2 Å². The third-order valence-electron chi connectivity index (χ3n) is 8.68. The molecule has 0 aromatic heterocycles. The Kier molecular flexibility index (Phi) is 5.27. The van der Waals surface area contributed by atoms with Crippen molar-refractivity contribution >= 4 is 11.8 Å². The second-order valence-electron chi connectivity index (χ2n) is 10.5. The molecule has 0 bridgehead atoms. The first-order valence-electron chi connectivity index (χ1n) is 12.7. The van der Waals surface area contributed by atoms with E-state index >= 15 is 0 Å². The maximum Gasteiger partial charge on any atom is 0.224 e. The van der Waals surface area contributed by atoms with E-state index in [2.05, 4.69) is 10.6 Å². The Balaban J connectivity index is 1.15. The van der Waals surface area contributed by atoms with Crippen LogP contribution in [0.25, 0.3) is 0 Å². The van der Waals surface area contributed by atoms with E-state index in [9.17, 15) is 9.59 Å². The van der Waals surface area contributed by atoms with Crippen molar-refractivity contribution in [2.24, 2.45) is 35.5 Å². The van der Waals surface area contributed by atoms with Gasteiger partial charge in [0.2, 0.25) is 11.8 Å². The van der Waals surface area contributed by atoms with Gasteiger partial charge >= 0.3 is 0 Å². The van der Waals surface area contributed by atoms with Gasteiger partial charge in [-0.05, 0) is 67.1 Å². The number of hydrogen-bond acceptors (Lipinski definition) is 4. The lowest BCUT2D eigenvalue weighted by molar-refractivity contribution is -0.125. The summed E-state index contributed by atoms with van der Waals surface area (Å²) in [7, 11) is 0. The van der Waals surface area contributed by atoms with Crippen LogP contribution in [0.5, 0.6) is 11.5 Å². The van der Waals surface area contributed by atoms with Gasteiger partial charge in [0.1, 0.15) is 13.2 Å². The molecular weight excluding hydrogens is 404 g/mol. The predicted octanol–water partition coefficient (Wildman–Crippen LogP) is 3.60. The molecule has 1 heterocycles. The van der Waals surface area contributed by atoms with Crippen molar-refractivity contribution in [3.05, 3.63) is 23.8 Å². The summed E-state index contributed by atoms with van der Waals surface area (Å²) in [6.07, 6.45) is 9.74. The fourth-order valence-corrected chi connectivity index (χ4v) is 6.88. The van der Waals surface area contributed by atoms with E-state index in [1.165, 1.54) is 51.4 Å². The van der Waals surface area contributed by atoms with Gasteiger partial charge < -0.3 is 20.1 Å². The van der Waals surface area contributed by atoms with Gasteiger partial charge in [0.15, 0.2) is 11.5 Å². The van der Waals surface area contributed by atoms with Crippen LogP contribution in [0.3, 0.4) is 0 Å². The average Bonchev–Trinajstić information content (AvgIpc) is 3.74. The van der Waals surface area contributed by atoms with Gasteiger partial charge in [-0.1, -0.05) is 31.7 Å². The Labute approximate surface area is 189 Å². The smallest absolute Gasteiger partial charge is 0.224 e. The van der Waals surface area contributed by atoms with E-state index in [1.54, 1.807) is 0 Å². The summed E-state index contributed by atoms with van der Waals surface area (Å²) in [5.41, 5.74) is 0.958. The van der Waals surface area contributed by atoms with Gasteiger partial charge in [0.25, 0.3) is 0 Å². The van der Waals surface area contributed by atoms with Crippen molar-refractivity contribution in [3.63, 3.8) is 0 Å². The molecule has 1 aromatic carbocycles. The SMILES string of the molecule is O=C(NC[C@H](NC(=O)C1[C@@H]2CCCC[C@@H]12)c1ccc2c(c1)OCCO2)C1[C@H]2CCCC[C@@H]12. The van der Waals surface area contributed by atoms with Gasteiger partial charge in [-0.2, -0.15) is 0 Å². The lowest BCUT2D eigenvalue weighted by Gasteiger charge is -2.23. The van der Waals surface area contributed by atoms with E-state index in [1.807, 2.05) is 18.2 Å². The third kappa shape index (κ3) is 3.75. The Hall–Kier alpha value is -2.24. The maximum atomic E-state index is 13.2. The van der Waals surface area contributed by atoms with Crippen molar-refractivity contribution in [2.75, 3.05) is 19.8 Å². The minimum absolute atomic E-state index is 0.149. The van der Waals surface area contributed by atoms with Crippen LogP contribution >= 0.6 is 0 Å². The summed E-state index contributed by atoms with van der Waals surface area (Å²) in [6.45, 7) is 1.50. The molecule has 6 atom stereocenters. The lowest BCUT2D eigenvalue weighted by Crippen LogP contribution is -2.39. The minimum Gasteiger partial charge on any atom is -0.486 e. The molecule has 4 saturated carbocycles. The summed E-state index contributed by atoms with van der Waals surface area (Å²) in [4.78, 5) is 26.1. The van der Waals surface area contributed by atoms with Crippen LogP contribution in [0, 0.1) is 35.5 Å². The molecule has 6 heteroatoms. The fraction of sp³-hybridized carbons (Fsp3) is 0.692. The van der Waals surface area contributed by atoms with Crippen molar-refractivity contribution in [1.29, 1.82) is 0 Å². The van der Waals surface area contributed by atoms with E-state index in [-0.39, 0.29) is 29.7 Å². The second kappa shape index (κ2) is 8.27. The Bertz CT molecular complexity index is 878. The number of carbonyl (C=O) groups excluding carboxylic acids is 2. The summed E-state index contributed by atoms with van der Waals surface area (Å²) < 4.78 is 11.4. The summed E-state index contributed by atoms with van der Waals surface area (Å²) in [5.74, 6) is 4.40. The number of benzene rings is 1. The number of nitrogens with one attached hydrogen (secondary N) is 2. The molecule has 4 aliphatic carbocycles. The van der Waals surface area contributed by atoms with E-state index < -0.39 is 0 Å². The van der Waals surface area contributed by atoms with Crippen molar-refractivity contribution in [1.82, 2.24) is 10.6 Å². The second-order valence-corrected chi connectivity index (χ2v) is 10.5. The molecule has 0 radical (unpaired) electrons. The number of carbonyl (C=O) groups is 2. The van der Waals surface area contributed by atoms with Gasteiger partial charge in [-0.25, -0.2) is 0 Å². The summed E-state index contributed by atoms with van der Waals surface area (Å²) in [5, 5.41) is 6.47. The number of fused-ring (bicyclic) bond motifs is 3. The highest BCUT2D eigenvalue weighted by Crippen LogP contribution is 2.56. The zero-order valence-corrected chi connectivity index (χ0v) is 18.7. The molecule has 5 aliphatic rings.